The number of para-hydroxylation sites is 1. The highest BCUT2D eigenvalue weighted by Crippen LogP contribution is 2.38. The Morgan fingerprint density at radius 3 is 2.38 bits per heavy atom. The molecular weight excluding hydrogens is 400 g/mol. The summed E-state index contributed by atoms with van der Waals surface area (Å²) in [6.45, 7) is 0. The van der Waals surface area contributed by atoms with Crippen LogP contribution in [0, 0.1) is 0 Å². The molecule has 0 bridgehead atoms. The normalized spacial score (nSPS) is 11.4. The zero-order valence-corrected chi connectivity index (χ0v) is 12.7. The summed E-state index contributed by atoms with van der Waals surface area (Å²) in [7, 11) is 0. The molecule has 16 heavy (non-hydrogen) atoms. The van der Waals surface area contributed by atoms with Crippen molar-refractivity contribution in [1.82, 2.24) is 0 Å². The fraction of sp³-hybridized carbons (Fsp3) is 0. The van der Waals surface area contributed by atoms with E-state index >= 15 is 0 Å². The Kier molecular flexibility index (Phi) is 2.61. The summed E-state index contributed by atoms with van der Waals surface area (Å²) in [5.74, 6) is 0. The van der Waals surface area contributed by atoms with Gasteiger partial charge < -0.3 is 4.42 Å². The fourth-order valence-corrected chi connectivity index (χ4v) is 3.54. The van der Waals surface area contributed by atoms with E-state index in [4.69, 9.17) is 4.42 Å². The van der Waals surface area contributed by atoms with E-state index in [0.717, 1.165) is 35.4 Å². The highest BCUT2D eigenvalue weighted by Gasteiger charge is 2.12. The second-order valence-electron chi connectivity index (χ2n) is 3.48. The Morgan fingerprint density at radius 1 is 0.812 bits per heavy atom. The predicted octanol–water partition coefficient (Wildman–Crippen LogP) is 5.87. The molecule has 0 unspecified atom stereocenters. The van der Waals surface area contributed by atoms with E-state index in [1.54, 1.807) is 0 Å². The van der Waals surface area contributed by atoms with Crippen LogP contribution in [0.4, 0.5) is 0 Å². The zero-order valence-electron chi connectivity index (χ0n) is 7.93. The summed E-state index contributed by atoms with van der Waals surface area (Å²) in [5.41, 5.74) is 1.77. The summed E-state index contributed by atoms with van der Waals surface area (Å²) in [5, 5.41) is 2.23. The van der Waals surface area contributed by atoms with Crippen LogP contribution in [-0.2, 0) is 0 Å². The predicted molar refractivity (Wildman–Crippen MR) is 76.8 cm³/mol. The number of benzene rings is 2. The number of hydrogen-bond acceptors (Lipinski definition) is 1. The Bertz CT molecular complexity index is 700. The highest BCUT2D eigenvalue weighted by atomic mass is 79.9. The Labute approximate surface area is 117 Å². The molecule has 4 heteroatoms. The van der Waals surface area contributed by atoms with Crippen molar-refractivity contribution < 1.29 is 4.42 Å². The first kappa shape index (κ1) is 10.8. The molecule has 1 aromatic heterocycles. The number of fused-ring (bicyclic) bond motifs is 3. The van der Waals surface area contributed by atoms with Gasteiger partial charge in [-0.15, -0.1) is 0 Å². The van der Waals surface area contributed by atoms with E-state index in [1.165, 1.54) is 0 Å². The maximum Gasteiger partial charge on any atom is 0.149 e. The molecule has 2 aromatic carbocycles. The van der Waals surface area contributed by atoms with Gasteiger partial charge in [-0.05, 0) is 50.1 Å². The van der Waals surface area contributed by atoms with Gasteiger partial charge in [0.05, 0.1) is 8.95 Å². The van der Waals surface area contributed by atoms with Crippen LogP contribution in [0.15, 0.2) is 48.2 Å². The largest absolute Gasteiger partial charge is 0.454 e. The SMILES string of the molecule is Brc1cc(Br)c2oc3c(Br)cccc3c2c1. The molecule has 0 aliphatic carbocycles. The third kappa shape index (κ3) is 1.55. The van der Waals surface area contributed by atoms with E-state index in [1.807, 2.05) is 18.2 Å². The Balaban J connectivity index is 2.61. The topological polar surface area (TPSA) is 13.1 Å². The minimum absolute atomic E-state index is 0.880. The van der Waals surface area contributed by atoms with Crippen LogP contribution in [0.5, 0.6) is 0 Å². The van der Waals surface area contributed by atoms with Gasteiger partial charge in [0.25, 0.3) is 0 Å². The van der Waals surface area contributed by atoms with Gasteiger partial charge in [-0.2, -0.15) is 0 Å². The molecule has 0 atom stereocenters. The molecule has 0 N–H and O–H groups in total. The van der Waals surface area contributed by atoms with Gasteiger partial charge in [-0.25, -0.2) is 0 Å². The molecule has 0 aliphatic heterocycles. The second kappa shape index (κ2) is 3.86. The summed E-state index contributed by atoms with van der Waals surface area (Å²) in [6, 6.07) is 10.1. The van der Waals surface area contributed by atoms with Crippen molar-refractivity contribution in [2.45, 2.75) is 0 Å². The molecule has 3 aromatic rings. The number of halogens is 3. The lowest BCUT2D eigenvalue weighted by molar-refractivity contribution is 0.664. The van der Waals surface area contributed by atoms with Crippen LogP contribution < -0.4 is 0 Å². The maximum absolute atomic E-state index is 5.85. The van der Waals surface area contributed by atoms with Gasteiger partial charge in [0, 0.05) is 15.2 Å². The summed E-state index contributed by atoms with van der Waals surface area (Å²) in [4.78, 5) is 0. The van der Waals surface area contributed by atoms with Crippen molar-refractivity contribution in [2.24, 2.45) is 0 Å². The van der Waals surface area contributed by atoms with Crippen molar-refractivity contribution in [3.05, 3.63) is 43.7 Å². The molecule has 0 spiro atoms. The van der Waals surface area contributed by atoms with Gasteiger partial charge in [0.15, 0.2) is 0 Å². The standard InChI is InChI=1S/C12H5Br3O/c13-6-4-8-7-2-1-3-9(14)11(7)16-12(8)10(15)5-6/h1-5H. The second-order valence-corrected chi connectivity index (χ2v) is 6.11. The van der Waals surface area contributed by atoms with E-state index in [0.29, 0.717) is 0 Å². The third-order valence-electron chi connectivity index (χ3n) is 2.47. The van der Waals surface area contributed by atoms with Gasteiger partial charge in [0.2, 0.25) is 0 Å². The molecule has 0 saturated carbocycles. The van der Waals surface area contributed by atoms with E-state index in [2.05, 4.69) is 59.9 Å². The first-order chi connectivity index (χ1) is 7.66. The van der Waals surface area contributed by atoms with Gasteiger partial charge in [-0.1, -0.05) is 28.1 Å². The van der Waals surface area contributed by atoms with Crippen LogP contribution >= 0.6 is 47.8 Å². The third-order valence-corrected chi connectivity index (χ3v) is 4.14. The Morgan fingerprint density at radius 2 is 1.56 bits per heavy atom. The van der Waals surface area contributed by atoms with Crippen LogP contribution in [0.25, 0.3) is 21.9 Å². The quantitative estimate of drug-likeness (QED) is 0.456. The number of rotatable bonds is 0. The summed E-state index contributed by atoms with van der Waals surface area (Å²) < 4.78 is 8.83. The molecule has 0 amide bonds. The van der Waals surface area contributed by atoms with Crippen molar-refractivity contribution in [1.29, 1.82) is 0 Å². The molecule has 0 aliphatic rings. The van der Waals surface area contributed by atoms with Crippen molar-refractivity contribution in [3.63, 3.8) is 0 Å². The lowest BCUT2D eigenvalue weighted by atomic mass is 10.2. The van der Waals surface area contributed by atoms with Crippen LogP contribution in [-0.4, -0.2) is 0 Å². The first-order valence-corrected chi connectivity index (χ1v) is 7.00. The van der Waals surface area contributed by atoms with Gasteiger partial charge in [-0.3, -0.25) is 0 Å². The minimum atomic E-state index is 0.880. The maximum atomic E-state index is 5.85. The van der Waals surface area contributed by atoms with Crippen molar-refractivity contribution >= 4 is 69.7 Å². The lowest BCUT2D eigenvalue weighted by Gasteiger charge is -1.94. The molecule has 80 valence electrons. The number of furan rings is 1. The molecular formula is C12H5Br3O. The lowest BCUT2D eigenvalue weighted by Crippen LogP contribution is -1.70. The molecule has 1 heterocycles. The van der Waals surface area contributed by atoms with Gasteiger partial charge in [0.1, 0.15) is 11.2 Å². The molecule has 1 nitrogen and oxygen atoms in total. The van der Waals surface area contributed by atoms with Gasteiger partial charge >= 0.3 is 0 Å². The molecule has 0 fully saturated rings. The monoisotopic (exact) mass is 402 g/mol. The van der Waals surface area contributed by atoms with Crippen molar-refractivity contribution in [3.8, 4) is 0 Å². The average Bonchev–Trinajstić information content (AvgIpc) is 2.59. The van der Waals surface area contributed by atoms with Crippen LogP contribution in [0.2, 0.25) is 0 Å². The minimum Gasteiger partial charge on any atom is -0.454 e. The van der Waals surface area contributed by atoms with Crippen LogP contribution in [0.3, 0.4) is 0 Å². The summed E-state index contributed by atoms with van der Waals surface area (Å²) >= 11 is 10.5. The number of hydrogen-bond donors (Lipinski definition) is 0. The first-order valence-electron chi connectivity index (χ1n) is 4.62. The average molecular weight is 405 g/mol. The smallest absolute Gasteiger partial charge is 0.149 e. The molecule has 3 rings (SSSR count). The van der Waals surface area contributed by atoms with E-state index in [-0.39, 0.29) is 0 Å². The van der Waals surface area contributed by atoms with E-state index < -0.39 is 0 Å². The summed E-state index contributed by atoms with van der Waals surface area (Å²) in [6.07, 6.45) is 0. The van der Waals surface area contributed by atoms with Crippen molar-refractivity contribution in [2.75, 3.05) is 0 Å². The zero-order chi connectivity index (χ0) is 11.3. The fourth-order valence-electron chi connectivity index (χ4n) is 1.79. The Hall–Kier alpha value is -0.320. The van der Waals surface area contributed by atoms with Crippen LogP contribution in [0.1, 0.15) is 0 Å². The molecule has 0 radical (unpaired) electrons. The van der Waals surface area contributed by atoms with E-state index in [9.17, 15) is 0 Å². The highest BCUT2D eigenvalue weighted by molar-refractivity contribution is 9.11. The molecule has 0 saturated heterocycles.